The molecule has 6 heteroatoms. The molecule has 0 bridgehead atoms. The minimum absolute atomic E-state index is 0.0974. The van der Waals surface area contributed by atoms with Gasteiger partial charge in [-0.25, -0.2) is 4.39 Å². The smallest absolute Gasteiger partial charge is 0.265 e. The molecule has 0 aliphatic rings. The largest absolute Gasteiger partial charge is 0.479 e. The van der Waals surface area contributed by atoms with Gasteiger partial charge in [0.15, 0.2) is 6.10 Å². The zero-order chi connectivity index (χ0) is 15.4. The quantitative estimate of drug-likeness (QED) is 0.895. The number of para-hydroxylation sites is 1. The van der Waals surface area contributed by atoms with Crippen molar-refractivity contribution in [3.63, 3.8) is 0 Å². The van der Waals surface area contributed by atoms with Gasteiger partial charge in [0.05, 0.1) is 10.7 Å². The van der Waals surface area contributed by atoms with Crippen molar-refractivity contribution in [2.75, 3.05) is 5.32 Å². The lowest BCUT2D eigenvalue weighted by Gasteiger charge is -2.16. The van der Waals surface area contributed by atoms with Crippen molar-refractivity contribution in [2.24, 2.45) is 0 Å². The Kier molecular flexibility index (Phi) is 5.04. The second-order valence-electron chi connectivity index (χ2n) is 4.30. The van der Waals surface area contributed by atoms with Crippen LogP contribution in [0.25, 0.3) is 0 Å². The number of anilines is 1. The summed E-state index contributed by atoms with van der Waals surface area (Å²) >= 11 is 11.7. The van der Waals surface area contributed by atoms with Crippen LogP contribution in [0.5, 0.6) is 5.75 Å². The van der Waals surface area contributed by atoms with E-state index in [2.05, 4.69) is 5.32 Å². The third-order valence-corrected chi connectivity index (χ3v) is 3.23. The predicted octanol–water partition coefficient (Wildman–Crippen LogP) is 4.54. The van der Waals surface area contributed by atoms with Gasteiger partial charge in [-0.2, -0.15) is 0 Å². The van der Waals surface area contributed by atoms with Crippen molar-refractivity contribution in [3.05, 3.63) is 58.3 Å². The Hall–Kier alpha value is -1.78. The molecule has 2 rings (SSSR count). The van der Waals surface area contributed by atoms with E-state index in [0.717, 1.165) is 0 Å². The van der Waals surface area contributed by atoms with Crippen molar-refractivity contribution in [2.45, 2.75) is 13.0 Å². The van der Waals surface area contributed by atoms with Crippen LogP contribution in [0, 0.1) is 5.82 Å². The molecule has 3 nitrogen and oxygen atoms in total. The Morgan fingerprint density at radius 1 is 1.24 bits per heavy atom. The molecule has 1 atom stereocenters. The molecule has 0 fully saturated rings. The van der Waals surface area contributed by atoms with Gasteiger partial charge in [-0.15, -0.1) is 0 Å². The predicted molar refractivity (Wildman–Crippen MR) is 81.6 cm³/mol. The molecule has 0 spiro atoms. The summed E-state index contributed by atoms with van der Waals surface area (Å²) in [5.74, 6) is -0.661. The van der Waals surface area contributed by atoms with Crippen molar-refractivity contribution >= 4 is 34.8 Å². The van der Waals surface area contributed by atoms with Gasteiger partial charge in [-0.1, -0.05) is 35.3 Å². The number of halogens is 3. The van der Waals surface area contributed by atoms with Gasteiger partial charge in [0.25, 0.3) is 5.91 Å². The molecule has 0 aliphatic carbocycles. The van der Waals surface area contributed by atoms with Crippen LogP contribution < -0.4 is 10.1 Å². The fraction of sp³-hybridized carbons (Fsp3) is 0.133. The summed E-state index contributed by atoms with van der Waals surface area (Å²) in [6.07, 6.45) is -0.844. The summed E-state index contributed by atoms with van der Waals surface area (Å²) in [5.41, 5.74) is 0.0974. The second-order valence-corrected chi connectivity index (χ2v) is 5.15. The van der Waals surface area contributed by atoms with Gasteiger partial charge in [-0.3, -0.25) is 4.79 Å². The Bertz CT molecular complexity index is 664. The highest BCUT2D eigenvalue weighted by Gasteiger charge is 2.17. The van der Waals surface area contributed by atoms with E-state index in [-0.39, 0.29) is 5.69 Å². The summed E-state index contributed by atoms with van der Waals surface area (Å²) in [5, 5.41) is 3.22. The van der Waals surface area contributed by atoms with Gasteiger partial charge in [0, 0.05) is 5.02 Å². The van der Waals surface area contributed by atoms with E-state index in [4.69, 9.17) is 27.9 Å². The summed E-state index contributed by atoms with van der Waals surface area (Å²) in [6.45, 7) is 1.54. The van der Waals surface area contributed by atoms with Gasteiger partial charge in [0.2, 0.25) is 0 Å². The van der Waals surface area contributed by atoms with E-state index in [0.29, 0.717) is 15.8 Å². The van der Waals surface area contributed by atoms with Crippen molar-refractivity contribution in [1.29, 1.82) is 0 Å². The van der Waals surface area contributed by atoms with Crippen LogP contribution in [0.1, 0.15) is 6.92 Å². The average molecular weight is 328 g/mol. The highest BCUT2D eigenvalue weighted by atomic mass is 35.5. The lowest BCUT2D eigenvalue weighted by Crippen LogP contribution is -2.30. The van der Waals surface area contributed by atoms with Crippen LogP contribution in [0.4, 0.5) is 10.1 Å². The lowest BCUT2D eigenvalue weighted by molar-refractivity contribution is -0.122. The van der Waals surface area contributed by atoms with Crippen LogP contribution in [-0.4, -0.2) is 12.0 Å². The van der Waals surface area contributed by atoms with Gasteiger partial charge < -0.3 is 10.1 Å². The molecule has 110 valence electrons. The first kappa shape index (κ1) is 15.6. The van der Waals surface area contributed by atoms with Gasteiger partial charge in [0.1, 0.15) is 11.6 Å². The van der Waals surface area contributed by atoms with Crippen LogP contribution in [-0.2, 0) is 4.79 Å². The average Bonchev–Trinajstić information content (AvgIpc) is 2.44. The number of benzene rings is 2. The van der Waals surface area contributed by atoms with Gasteiger partial charge >= 0.3 is 0 Å². The second kappa shape index (κ2) is 6.78. The maximum atomic E-state index is 13.5. The zero-order valence-corrected chi connectivity index (χ0v) is 12.6. The van der Waals surface area contributed by atoms with E-state index >= 15 is 0 Å². The van der Waals surface area contributed by atoms with E-state index < -0.39 is 17.8 Å². The Labute approximate surface area is 131 Å². The molecule has 0 heterocycles. The maximum Gasteiger partial charge on any atom is 0.265 e. The normalized spacial score (nSPS) is 11.8. The minimum Gasteiger partial charge on any atom is -0.479 e. The molecule has 0 aromatic heterocycles. The van der Waals surface area contributed by atoms with E-state index in [1.165, 1.54) is 18.2 Å². The standard InChI is InChI=1S/C15H12Cl2FNO2/c1-9(21-14-7-6-10(16)8-11(14)17)15(20)19-13-5-3-2-4-12(13)18/h2-9H,1H3,(H,19,20). The Morgan fingerprint density at radius 2 is 1.95 bits per heavy atom. The highest BCUT2D eigenvalue weighted by Crippen LogP contribution is 2.28. The zero-order valence-electron chi connectivity index (χ0n) is 11.1. The summed E-state index contributed by atoms with van der Waals surface area (Å²) in [4.78, 5) is 12.0. The molecule has 1 N–H and O–H groups in total. The molecule has 21 heavy (non-hydrogen) atoms. The number of hydrogen-bond donors (Lipinski definition) is 1. The third kappa shape index (κ3) is 4.09. The molecule has 0 radical (unpaired) electrons. The number of amides is 1. The van der Waals surface area contributed by atoms with E-state index in [9.17, 15) is 9.18 Å². The van der Waals surface area contributed by atoms with Gasteiger partial charge in [-0.05, 0) is 37.3 Å². The monoisotopic (exact) mass is 327 g/mol. The third-order valence-electron chi connectivity index (χ3n) is 2.70. The summed E-state index contributed by atoms with van der Waals surface area (Å²) < 4.78 is 18.9. The first-order valence-electron chi connectivity index (χ1n) is 6.14. The Morgan fingerprint density at radius 3 is 2.62 bits per heavy atom. The van der Waals surface area contributed by atoms with Crippen LogP contribution in [0.2, 0.25) is 10.0 Å². The van der Waals surface area contributed by atoms with Crippen molar-refractivity contribution in [3.8, 4) is 5.75 Å². The molecule has 0 saturated heterocycles. The number of ether oxygens (including phenoxy) is 1. The maximum absolute atomic E-state index is 13.5. The number of carbonyl (C=O) groups excluding carboxylic acids is 1. The number of rotatable bonds is 4. The van der Waals surface area contributed by atoms with E-state index in [1.54, 1.807) is 31.2 Å². The number of nitrogens with one attached hydrogen (secondary N) is 1. The molecule has 2 aromatic carbocycles. The molecule has 0 saturated carbocycles. The summed E-state index contributed by atoms with van der Waals surface area (Å²) in [7, 11) is 0. The van der Waals surface area contributed by atoms with E-state index in [1.807, 2.05) is 0 Å². The number of carbonyl (C=O) groups is 1. The highest BCUT2D eigenvalue weighted by molar-refractivity contribution is 6.35. The lowest BCUT2D eigenvalue weighted by atomic mass is 10.3. The SMILES string of the molecule is CC(Oc1ccc(Cl)cc1Cl)C(=O)Nc1ccccc1F. The molecular formula is C15H12Cl2FNO2. The molecule has 1 amide bonds. The molecule has 0 aliphatic heterocycles. The summed E-state index contributed by atoms with van der Waals surface area (Å²) in [6, 6.07) is 10.6. The minimum atomic E-state index is -0.844. The molecule has 2 aromatic rings. The Balaban J connectivity index is 2.04. The topological polar surface area (TPSA) is 38.3 Å². The first-order chi connectivity index (χ1) is 9.97. The van der Waals surface area contributed by atoms with Crippen LogP contribution in [0.3, 0.4) is 0 Å². The van der Waals surface area contributed by atoms with Crippen molar-refractivity contribution < 1.29 is 13.9 Å². The fourth-order valence-corrected chi connectivity index (χ4v) is 2.06. The first-order valence-corrected chi connectivity index (χ1v) is 6.90. The van der Waals surface area contributed by atoms with Crippen LogP contribution >= 0.6 is 23.2 Å². The molecule has 1 unspecified atom stereocenters. The fourth-order valence-electron chi connectivity index (χ4n) is 1.61. The van der Waals surface area contributed by atoms with Crippen molar-refractivity contribution in [1.82, 2.24) is 0 Å². The molecular weight excluding hydrogens is 316 g/mol. The number of hydrogen-bond acceptors (Lipinski definition) is 2. The van der Waals surface area contributed by atoms with Crippen LogP contribution in [0.15, 0.2) is 42.5 Å².